The Morgan fingerprint density at radius 3 is 2.70 bits per heavy atom. The van der Waals surface area contributed by atoms with Gasteiger partial charge in [-0.25, -0.2) is 0 Å². The highest BCUT2D eigenvalue weighted by Crippen LogP contribution is 2.34. The number of nitrogens with zero attached hydrogens (tertiary/aromatic N) is 1. The Hall–Kier alpha value is -1.55. The summed E-state index contributed by atoms with van der Waals surface area (Å²) < 4.78 is 10.7. The molecule has 1 aromatic rings. The zero-order valence-electron chi connectivity index (χ0n) is 14.2. The molecule has 1 aromatic carbocycles. The number of piperidine rings is 1. The van der Waals surface area contributed by atoms with Crippen LogP contribution in [-0.4, -0.2) is 44.0 Å². The van der Waals surface area contributed by atoms with E-state index in [0.29, 0.717) is 17.7 Å². The van der Waals surface area contributed by atoms with Gasteiger partial charge in [0, 0.05) is 31.5 Å². The van der Waals surface area contributed by atoms with Crippen LogP contribution < -0.4 is 9.47 Å². The number of hydrogen-bond acceptors (Lipinski definition) is 4. The number of rotatable bonds is 5. The largest absolute Gasteiger partial charge is 0.493 e. The van der Waals surface area contributed by atoms with E-state index in [-0.39, 0.29) is 0 Å². The molecular weight excluding hydrogens is 290 g/mol. The predicted molar refractivity (Wildman–Crippen MR) is 90.2 cm³/mol. The van der Waals surface area contributed by atoms with Crippen LogP contribution >= 0.6 is 0 Å². The smallest absolute Gasteiger partial charge is 0.160 e. The van der Waals surface area contributed by atoms with E-state index in [1.807, 2.05) is 6.07 Å². The number of fused-ring (bicyclic) bond motifs is 1. The fourth-order valence-electron chi connectivity index (χ4n) is 4.12. The van der Waals surface area contributed by atoms with Gasteiger partial charge in [-0.15, -0.1) is 0 Å². The van der Waals surface area contributed by atoms with E-state index < -0.39 is 0 Å². The summed E-state index contributed by atoms with van der Waals surface area (Å²) in [6.07, 6.45) is 6.47. The van der Waals surface area contributed by atoms with Crippen LogP contribution in [0.25, 0.3) is 0 Å². The van der Waals surface area contributed by atoms with Gasteiger partial charge in [0.05, 0.1) is 14.2 Å². The number of ketones is 1. The van der Waals surface area contributed by atoms with Crippen molar-refractivity contribution in [3.05, 3.63) is 23.8 Å². The first-order valence-corrected chi connectivity index (χ1v) is 8.70. The lowest BCUT2D eigenvalue weighted by atomic mass is 9.77. The predicted octanol–water partition coefficient (Wildman–Crippen LogP) is 3.08. The first kappa shape index (κ1) is 16.3. The second kappa shape index (κ2) is 7.35. The molecule has 0 radical (unpaired) electrons. The molecule has 0 unspecified atom stereocenters. The van der Waals surface area contributed by atoms with Crippen LogP contribution in [0.15, 0.2) is 18.2 Å². The summed E-state index contributed by atoms with van der Waals surface area (Å²) >= 11 is 0. The van der Waals surface area contributed by atoms with E-state index in [2.05, 4.69) is 17.0 Å². The number of likely N-dealkylation sites (tertiary alicyclic amines) is 1. The van der Waals surface area contributed by atoms with Gasteiger partial charge in [-0.2, -0.15) is 0 Å². The van der Waals surface area contributed by atoms with Gasteiger partial charge >= 0.3 is 0 Å². The number of carbonyl (C=O) groups is 1. The molecule has 4 nitrogen and oxygen atoms in total. The molecule has 0 N–H and O–H groups in total. The first-order valence-electron chi connectivity index (χ1n) is 8.70. The molecule has 1 aliphatic carbocycles. The van der Waals surface area contributed by atoms with E-state index in [1.165, 1.54) is 24.8 Å². The van der Waals surface area contributed by atoms with Gasteiger partial charge in [-0.05, 0) is 37.0 Å². The number of benzene rings is 1. The normalized spacial score (nSPS) is 25.0. The maximum Gasteiger partial charge on any atom is 0.160 e. The van der Waals surface area contributed by atoms with Crippen molar-refractivity contribution in [1.29, 1.82) is 0 Å². The molecular formula is C19H27NO3. The molecule has 1 heterocycles. The minimum Gasteiger partial charge on any atom is -0.493 e. The molecule has 3 rings (SSSR count). The Balaban J connectivity index is 1.64. The van der Waals surface area contributed by atoms with Crippen molar-refractivity contribution < 1.29 is 14.3 Å². The molecule has 1 saturated carbocycles. The topological polar surface area (TPSA) is 38.8 Å². The average molecular weight is 317 g/mol. The number of carbonyl (C=O) groups excluding carboxylic acids is 1. The molecule has 2 atom stereocenters. The SMILES string of the molecule is COc1ccc(CCN2CCC(=O)[C@@H]3CCCC[C@@H]32)cc1OC. The summed E-state index contributed by atoms with van der Waals surface area (Å²) in [6, 6.07) is 6.61. The van der Waals surface area contributed by atoms with Gasteiger partial charge in [0.25, 0.3) is 0 Å². The molecule has 0 bridgehead atoms. The maximum absolute atomic E-state index is 12.1. The minimum atomic E-state index is 0.294. The van der Waals surface area contributed by atoms with E-state index in [9.17, 15) is 4.79 Å². The molecule has 2 aliphatic rings. The standard InChI is InChI=1S/C19H27NO3/c1-22-18-8-7-14(13-19(18)23-2)9-11-20-12-10-17(21)15-5-3-4-6-16(15)20/h7-8,13,15-16H,3-6,9-12H2,1-2H3/t15-,16+/m1/s1. The molecule has 23 heavy (non-hydrogen) atoms. The Labute approximate surface area is 138 Å². The highest BCUT2D eigenvalue weighted by molar-refractivity contribution is 5.82. The van der Waals surface area contributed by atoms with Crippen LogP contribution in [-0.2, 0) is 11.2 Å². The van der Waals surface area contributed by atoms with Gasteiger partial charge in [0.2, 0.25) is 0 Å². The van der Waals surface area contributed by atoms with E-state index >= 15 is 0 Å². The average Bonchev–Trinajstić information content (AvgIpc) is 2.61. The molecule has 0 spiro atoms. The molecule has 2 fully saturated rings. The third kappa shape index (κ3) is 3.52. The van der Waals surface area contributed by atoms with Crippen LogP contribution in [0.1, 0.15) is 37.7 Å². The van der Waals surface area contributed by atoms with Crippen molar-refractivity contribution in [2.75, 3.05) is 27.3 Å². The van der Waals surface area contributed by atoms with Gasteiger partial charge in [-0.1, -0.05) is 18.9 Å². The minimum absolute atomic E-state index is 0.294. The number of Topliss-reactive ketones (excluding diaryl/α,β-unsaturated/α-hetero) is 1. The van der Waals surface area contributed by atoms with Gasteiger partial charge < -0.3 is 9.47 Å². The van der Waals surface area contributed by atoms with E-state index in [1.54, 1.807) is 14.2 Å². The molecule has 0 aromatic heterocycles. The van der Waals surface area contributed by atoms with Crippen molar-refractivity contribution in [2.45, 2.75) is 44.6 Å². The van der Waals surface area contributed by atoms with Gasteiger partial charge in [-0.3, -0.25) is 9.69 Å². The zero-order valence-corrected chi connectivity index (χ0v) is 14.2. The zero-order chi connectivity index (χ0) is 16.2. The van der Waals surface area contributed by atoms with E-state index in [4.69, 9.17) is 9.47 Å². The van der Waals surface area contributed by atoms with E-state index in [0.717, 1.165) is 43.9 Å². The summed E-state index contributed by atoms with van der Waals surface area (Å²) in [5.41, 5.74) is 1.26. The summed E-state index contributed by atoms with van der Waals surface area (Å²) in [7, 11) is 3.33. The fraction of sp³-hybridized carbons (Fsp3) is 0.632. The third-order valence-corrected chi connectivity index (χ3v) is 5.39. The Morgan fingerprint density at radius 1 is 1.13 bits per heavy atom. The maximum atomic E-state index is 12.1. The van der Waals surface area contributed by atoms with Crippen LogP contribution in [0.3, 0.4) is 0 Å². The number of hydrogen-bond donors (Lipinski definition) is 0. The Morgan fingerprint density at radius 2 is 1.91 bits per heavy atom. The van der Waals surface area contributed by atoms with Crippen molar-refractivity contribution in [2.24, 2.45) is 5.92 Å². The van der Waals surface area contributed by atoms with Crippen molar-refractivity contribution in [3.8, 4) is 11.5 Å². The summed E-state index contributed by atoms with van der Waals surface area (Å²) in [6.45, 7) is 1.94. The summed E-state index contributed by atoms with van der Waals surface area (Å²) in [5, 5.41) is 0. The van der Waals surface area contributed by atoms with Crippen LogP contribution in [0.4, 0.5) is 0 Å². The van der Waals surface area contributed by atoms with Crippen molar-refractivity contribution in [3.63, 3.8) is 0 Å². The Bertz CT molecular complexity index is 558. The quantitative estimate of drug-likeness (QED) is 0.836. The number of ether oxygens (including phenoxy) is 2. The second-order valence-electron chi connectivity index (χ2n) is 6.65. The lowest BCUT2D eigenvalue weighted by Crippen LogP contribution is -2.51. The third-order valence-electron chi connectivity index (χ3n) is 5.39. The molecule has 1 saturated heterocycles. The lowest BCUT2D eigenvalue weighted by molar-refractivity contribution is -0.130. The van der Waals surface area contributed by atoms with Crippen molar-refractivity contribution in [1.82, 2.24) is 4.90 Å². The number of methoxy groups -OCH3 is 2. The Kier molecular flexibility index (Phi) is 5.21. The van der Waals surface area contributed by atoms with Crippen molar-refractivity contribution >= 4 is 5.78 Å². The van der Waals surface area contributed by atoms with Gasteiger partial charge in [0.15, 0.2) is 11.5 Å². The van der Waals surface area contributed by atoms with Gasteiger partial charge in [0.1, 0.15) is 5.78 Å². The summed E-state index contributed by atoms with van der Waals surface area (Å²) in [4.78, 5) is 14.7. The highest BCUT2D eigenvalue weighted by Gasteiger charge is 2.37. The monoisotopic (exact) mass is 317 g/mol. The summed E-state index contributed by atoms with van der Waals surface area (Å²) in [5.74, 6) is 2.35. The molecule has 1 aliphatic heterocycles. The van der Waals surface area contributed by atoms with Crippen LogP contribution in [0.2, 0.25) is 0 Å². The second-order valence-corrected chi connectivity index (χ2v) is 6.65. The van der Waals surface area contributed by atoms with Crippen LogP contribution in [0.5, 0.6) is 11.5 Å². The molecule has 0 amide bonds. The highest BCUT2D eigenvalue weighted by atomic mass is 16.5. The lowest BCUT2D eigenvalue weighted by Gasteiger charge is -2.43. The van der Waals surface area contributed by atoms with Crippen LogP contribution in [0, 0.1) is 5.92 Å². The molecule has 126 valence electrons. The molecule has 4 heteroatoms. The first-order chi connectivity index (χ1) is 11.2. The fourth-order valence-corrected chi connectivity index (χ4v) is 4.12.